The maximum absolute atomic E-state index is 7.43. The van der Waals surface area contributed by atoms with Gasteiger partial charge in [0.05, 0.1) is 0 Å². The van der Waals surface area contributed by atoms with Gasteiger partial charge in [0.15, 0.2) is 0 Å². The molecule has 98 valence electrons. The molecule has 0 aliphatic carbocycles. The van der Waals surface area contributed by atoms with Crippen LogP contribution in [0.1, 0.15) is 24.2 Å². The Hall–Kier alpha value is -2.07. The zero-order valence-electron chi connectivity index (χ0n) is 10.4. The van der Waals surface area contributed by atoms with E-state index in [0.717, 1.165) is 5.56 Å². The van der Waals surface area contributed by atoms with E-state index in [1.54, 1.807) is 6.07 Å². The number of nitrogens with two attached hydrogens (primary N) is 1. The van der Waals surface area contributed by atoms with Crippen LogP contribution in [-0.2, 0) is 0 Å². The van der Waals surface area contributed by atoms with E-state index in [4.69, 9.17) is 27.5 Å². The minimum atomic E-state index is -0.187. The van der Waals surface area contributed by atoms with E-state index in [0.29, 0.717) is 5.56 Å². The van der Waals surface area contributed by atoms with Gasteiger partial charge in [-0.1, -0.05) is 41.9 Å². The van der Waals surface area contributed by atoms with Gasteiger partial charge in [-0.25, -0.2) is 4.98 Å². The highest BCUT2D eigenvalue weighted by Crippen LogP contribution is 2.29. The van der Waals surface area contributed by atoms with E-state index in [1.165, 1.54) is 6.20 Å². The first-order chi connectivity index (χ1) is 9.09. The van der Waals surface area contributed by atoms with Crippen LogP contribution in [0.3, 0.4) is 0 Å². The smallest absolute Gasteiger partial charge is 0.233 e. The van der Waals surface area contributed by atoms with E-state index in [1.807, 2.05) is 37.3 Å². The number of halogens is 1. The SMILES string of the molecule is CC(Oc1nccc(C(=N)N)c1Cl)c1ccccc1. The lowest BCUT2D eigenvalue weighted by Gasteiger charge is -2.16. The fourth-order valence-electron chi connectivity index (χ4n) is 1.67. The van der Waals surface area contributed by atoms with Crippen LogP contribution in [0.15, 0.2) is 42.6 Å². The Labute approximate surface area is 116 Å². The Morgan fingerprint density at radius 3 is 2.63 bits per heavy atom. The van der Waals surface area contributed by atoms with Crippen LogP contribution in [0.25, 0.3) is 0 Å². The molecule has 0 radical (unpaired) electrons. The summed E-state index contributed by atoms with van der Waals surface area (Å²) in [6.07, 6.45) is 1.34. The minimum absolute atomic E-state index is 0.107. The third-order valence-corrected chi connectivity index (χ3v) is 3.07. The van der Waals surface area contributed by atoms with E-state index in [-0.39, 0.29) is 22.8 Å². The molecule has 0 aliphatic rings. The molecule has 1 heterocycles. The maximum atomic E-state index is 7.43. The van der Waals surface area contributed by atoms with Crippen molar-refractivity contribution >= 4 is 17.4 Å². The predicted molar refractivity (Wildman–Crippen MR) is 75.7 cm³/mol. The molecule has 1 unspecified atom stereocenters. The molecule has 0 bridgehead atoms. The summed E-state index contributed by atoms with van der Waals surface area (Å²) in [4.78, 5) is 4.08. The zero-order valence-corrected chi connectivity index (χ0v) is 11.2. The Morgan fingerprint density at radius 1 is 1.32 bits per heavy atom. The van der Waals surface area contributed by atoms with Gasteiger partial charge >= 0.3 is 0 Å². The van der Waals surface area contributed by atoms with Gasteiger partial charge in [-0.05, 0) is 18.6 Å². The number of pyridine rings is 1. The zero-order chi connectivity index (χ0) is 13.8. The summed E-state index contributed by atoms with van der Waals surface area (Å²) in [5.74, 6) is 0.176. The molecule has 2 aromatic rings. The average Bonchev–Trinajstić information content (AvgIpc) is 2.41. The quantitative estimate of drug-likeness (QED) is 0.665. The Kier molecular flexibility index (Phi) is 4.02. The van der Waals surface area contributed by atoms with Crippen LogP contribution >= 0.6 is 11.6 Å². The van der Waals surface area contributed by atoms with Crippen LogP contribution in [-0.4, -0.2) is 10.8 Å². The summed E-state index contributed by atoms with van der Waals surface area (Å²) < 4.78 is 5.73. The number of nitrogens with one attached hydrogen (secondary N) is 1. The average molecular weight is 276 g/mol. The number of aromatic nitrogens is 1. The lowest BCUT2D eigenvalue weighted by molar-refractivity contribution is 0.217. The Morgan fingerprint density at radius 2 is 2.00 bits per heavy atom. The van der Waals surface area contributed by atoms with Crippen LogP contribution in [0.4, 0.5) is 0 Å². The van der Waals surface area contributed by atoms with E-state index in [9.17, 15) is 0 Å². The third-order valence-electron chi connectivity index (χ3n) is 2.70. The summed E-state index contributed by atoms with van der Waals surface area (Å²) in [7, 11) is 0. The van der Waals surface area contributed by atoms with E-state index in [2.05, 4.69) is 4.98 Å². The summed E-state index contributed by atoms with van der Waals surface area (Å²) in [5.41, 5.74) is 6.89. The lowest BCUT2D eigenvalue weighted by atomic mass is 10.1. The topological polar surface area (TPSA) is 72.0 Å². The van der Waals surface area contributed by atoms with Gasteiger partial charge in [0.2, 0.25) is 5.88 Å². The molecule has 19 heavy (non-hydrogen) atoms. The normalized spacial score (nSPS) is 11.9. The number of ether oxygens (including phenoxy) is 1. The lowest BCUT2D eigenvalue weighted by Crippen LogP contribution is -2.13. The first kappa shape index (κ1) is 13.4. The minimum Gasteiger partial charge on any atom is -0.469 e. The predicted octanol–water partition coefficient (Wildman–Crippen LogP) is 3.16. The van der Waals surface area contributed by atoms with Crippen molar-refractivity contribution in [2.24, 2.45) is 5.73 Å². The van der Waals surface area contributed by atoms with Gasteiger partial charge < -0.3 is 10.5 Å². The summed E-state index contributed by atoms with van der Waals surface area (Å²) >= 11 is 6.13. The van der Waals surface area contributed by atoms with Crippen molar-refractivity contribution in [2.75, 3.05) is 0 Å². The van der Waals surface area contributed by atoms with Gasteiger partial charge in [-0.15, -0.1) is 0 Å². The molecule has 0 fully saturated rings. The number of nitrogens with zero attached hydrogens (tertiary/aromatic N) is 1. The van der Waals surface area contributed by atoms with Crippen LogP contribution < -0.4 is 10.5 Å². The Bertz CT molecular complexity index is 586. The van der Waals surface area contributed by atoms with Crippen molar-refractivity contribution < 1.29 is 4.74 Å². The van der Waals surface area contributed by atoms with Gasteiger partial charge in [-0.2, -0.15) is 0 Å². The van der Waals surface area contributed by atoms with Crippen molar-refractivity contribution in [3.63, 3.8) is 0 Å². The van der Waals surface area contributed by atoms with E-state index >= 15 is 0 Å². The molecule has 5 heteroatoms. The fraction of sp³-hybridized carbons (Fsp3) is 0.143. The van der Waals surface area contributed by atoms with Gasteiger partial charge in [0, 0.05) is 11.8 Å². The second kappa shape index (κ2) is 5.71. The van der Waals surface area contributed by atoms with Gasteiger partial charge in [0.1, 0.15) is 17.0 Å². The number of amidine groups is 1. The molecule has 2 rings (SSSR count). The molecule has 0 aliphatic heterocycles. The third kappa shape index (κ3) is 3.03. The van der Waals surface area contributed by atoms with Crippen LogP contribution in [0, 0.1) is 5.41 Å². The second-order valence-electron chi connectivity index (χ2n) is 4.06. The van der Waals surface area contributed by atoms with Crippen molar-refractivity contribution in [3.8, 4) is 5.88 Å². The molecule has 0 saturated carbocycles. The molecule has 0 saturated heterocycles. The highest BCUT2D eigenvalue weighted by molar-refractivity contribution is 6.35. The fourth-order valence-corrected chi connectivity index (χ4v) is 1.93. The standard InChI is InChI=1S/C14H14ClN3O/c1-9(10-5-3-2-4-6-10)19-14-12(15)11(13(16)17)7-8-18-14/h2-9H,1H3,(H3,16,17). The van der Waals surface area contributed by atoms with Crippen molar-refractivity contribution in [1.29, 1.82) is 5.41 Å². The molecule has 0 spiro atoms. The maximum Gasteiger partial charge on any atom is 0.233 e. The number of hydrogen-bond donors (Lipinski definition) is 2. The number of nitrogen functional groups attached to an aromatic ring is 1. The monoisotopic (exact) mass is 275 g/mol. The number of hydrogen-bond acceptors (Lipinski definition) is 3. The second-order valence-corrected chi connectivity index (χ2v) is 4.44. The molecule has 1 aromatic carbocycles. The molecule has 4 nitrogen and oxygen atoms in total. The van der Waals surface area contributed by atoms with Crippen LogP contribution in [0.5, 0.6) is 5.88 Å². The van der Waals surface area contributed by atoms with Crippen molar-refractivity contribution in [2.45, 2.75) is 13.0 Å². The van der Waals surface area contributed by atoms with Crippen molar-refractivity contribution in [1.82, 2.24) is 4.98 Å². The Balaban J connectivity index is 2.25. The molecule has 1 atom stereocenters. The summed E-state index contributed by atoms with van der Waals surface area (Å²) in [6.45, 7) is 1.91. The van der Waals surface area contributed by atoms with Crippen LogP contribution in [0.2, 0.25) is 5.02 Å². The summed E-state index contributed by atoms with van der Waals surface area (Å²) in [6, 6.07) is 11.3. The number of rotatable bonds is 4. The molecular weight excluding hydrogens is 262 g/mol. The molecular formula is C14H14ClN3O. The first-order valence-electron chi connectivity index (χ1n) is 5.80. The molecule has 1 aromatic heterocycles. The highest BCUT2D eigenvalue weighted by atomic mass is 35.5. The van der Waals surface area contributed by atoms with Gasteiger partial charge in [0.25, 0.3) is 0 Å². The summed E-state index contributed by atoms with van der Waals surface area (Å²) in [5, 5.41) is 7.69. The highest BCUT2D eigenvalue weighted by Gasteiger charge is 2.14. The number of benzene rings is 1. The van der Waals surface area contributed by atoms with E-state index < -0.39 is 0 Å². The van der Waals surface area contributed by atoms with Gasteiger partial charge in [-0.3, -0.25) is 5.41 Å². The molecule has 3 N–H and O–H groups in total. The first-order valence-corrected chi connectivity index (χ1v) is 6.18. The van der Waals surface area contributed by atoms with Crippen molar-refractivity contribution in [3.05, 3.63) is 58.7 Å². The molecule has 0 amide bonds. The largest absolute Gasteiger partial charge is 0.469 e.